The molecule has 164 valence electrons. The van der Waals surface area contributed by atoms with Crippen LogP contribution in [-0.4, -0.2) is 63.3 Å². The molecule has 2 aliphatic heterocycles. The van der Waals surface area contributed by atoms with Gasteiger partial charge in [-0.1, -0.05) is 23.7 Å². The Bertz CT molecular complexity index is 788. The molecule has 0 aliphatic carbocycles. The first-order valence-electron chi connectivity index (χ1n) is 10.4. The van der Waals surface area contributed by atoms with E-state index in [9.17, 15) is 0 Å². The van der Waals surface area contributed by atoms with Crippen LogP contribution in [0.2, 0.25) is 5.02 Å². The van der Waals surface area contributed by atoms with Crippen molar-refractivity contribution in [2.45, 2.75) is 12.8 Å². The number of nitrogens with zero attached hydrogens (tertiary/aromatic N) is 3. The molecule has 1 atom stereocenters. The van der Waals surface area contributed by atoms with Crippen molar-refractivity contribution in [2.75, 3.05) is 57.4 Å². The molecule has 0 bridgehead atoms. The highest BCUT2D eigenvalue weighted by Gasteiger charge is 2.22. The number of anilines is 1. The van der Waals surface area contributed by atoms with E-state index >= 15 is 0 Å². The minimum atomic E-state index is 0. The monoisotopic (exact) mass is 544 g/mol. The third-order valence-electron chi connectivity index (χ3n) is 5.53. The number of para-hydroxylation sites is 1. The van der Waals surface area contributed by atoms with Gasteiger partial charge >= 0.3 is 0 Å². The lowest BCUT2D eigenvalue weighted by Crippen LogP contribution is -2.53. The van der Waals surface area contributed by atoms with Gasteiger partial charge in [-0.05, 0) is 30.7 Å². The quantitative estimate of drug-likeness (QED) is 0.340. The summed E-state index contributed by atoms with van der Waals surface area (Å²) in [4.78, 5) is 9.64. The summed E-state index contributed by atoms with van der Waals surface area (Å²) in [6, 6.07) is 12.0. The van der Waals surface area contributed by atoms with Crippen LogP contribution in [0.4, 0.5) is 5.69 Å². The van der Waals surface area contributed by atoms with Crippen molar-refractivity contribution in [2.24, 2.45) is 10.9 Å². The zero-order valence-electron chi connectivity index (χ0n) is 17.1. The third kappa shape index (κ3) is 6.28. The molecule has 30 heavy (non-hydrogen) atoms. The molecule has 2 saturated heterocycles. The van der Waals surface area contributed by atoms with Crippen molar-refractivity contribution in [3.05, 3.63) is 53.4 Å². The number of benzene rings is 1. The number of furan rings is 1. The normalized spacial score (nSPS) is 19.6. The lowest BCUT2D eigenvalue weighted by molar-refractivity contribution is 0.187. The molecule has 3 heterocycles. The van der Waals surface area contributed by atoms with Crippen LogP contribution in [0.25, 0.3) is 0 Å². The molecule has 1 aromatic carbocycles. The Hall–Kier alpha value is -1.45. The Morgan fingerprint density at radius 1 is 1.13 bits per heavy atom. The van der Waals surface area contributed by atoms with Crippen LogP contribution in [0.1, 0.15) is 12.2 Å². The summed E-state index contributed by atoms with van der Waals surface area (Å²) in [7, 11) is 0. The summed E-state index contributed by atoms with van der Waals surface area (Å²) in [5.74, 6) is 2.51. The minimum Gasteiger partial charge on any atom is -0.469 e. The molecule has 0 radical (unpaired) electrons. The van der Waals surface area contributed by atoms with E-state index in [0.717, 1.165) is 87.8 Å². The average Bonchev–Trinajstić information content (AvgIpc) is 3.45. The van der Waals surface area contributed by atoms with Gasteiger partial charge in [-0.15, -0.1) is 24.0 Å². The maximum absolute atomic E-state index is 6.38. The van der Waals surface area contributed by atoms with E-state index < -0.39 is 0 Å². The Kier molecular flexibility index (Phi) is 9.14. The molecule has 4 rings (SSSR count). The fourth-order valence-corrected chi connectivity index (χ4v) is 4.09. The molecule has 2 aliphatic rings. The Morgan fingerprint density at radius 2 is 1.97 bits per heavy atom. The highest BCUT2D eigenvalue weighted by atomic mass is 127. The van der Waals surface area contributed by atoms with E-state index in [-0.39, 0.29) is 24.0 Å². The maximum Gasteiger partial charge on any atom is 0.194 e. The number of piperazine rings is 1. The van der Waals surface area contributed by atoms with Crippen LogP contribution < -0.4 is 10.2 Å². The van der Waals surface area contributed by atoms with Crippen molar-refractivity contribution in [1.82, 2.24) is 10.2 Å². The summed E-state index contributed by atoms with van der Waals surface area (Å²) >= 11 is 6.38. The van der Waals surface area contributed by atoms with Crippen LogP contribution >= 0.6 is 35.6 Å². The third-order valence-corrected chi connectivity index (χ3v) is 5.85. The van der Waals surface area contributed by atoms with Gasteiger partial charge in [-0.25, -0.2) is 0 Å². The van der Waals surface area contributed by atoms with E-state index in [1.165, 1.54) is 0 Å². The van der Waals surface area contributed by atoms with Gasteiger partial charge in [0.1, 0.15) is 5.76 Å². The summed E-state index contributed by atoms with van der Waals surface area (Å²) in [5, 5.41) is 4.36. The maximum atomic E-state index is 6.38. The van der Waals surface area contributed by atoms with Gasteiger partial charge in [-0.2, -0.15) is 0 Å². The van der Waals surface area contributed by atoms with Gasteiger partial charge < -0.3 is 24.3 Å². The fraction of sp³-hybridized carbons (Fsp3) is 0.500. The molecule has 0 saturated carbocycles. The second kappa shape index (κ2) is 11.8. The number of nitrogens with one attached hydrogen (secondary N) is 1. The second-order valence-corrected chi connectivity index (χ2v) is 7.98. The van der Waals surface area contributed by atoms with Crippen molar-refractivity contribution in [3.63, 3.8) is 0 Å². The molecule has 1 aromatic heterocycles. The van der Waals surface area contributed by atoms with E-state index in [1.807, 2.05) is 30.3 Å². The van der Waals surface area contributed by atoms with E-state index in [2.05, 4.69) is 21.2 Å². The van der Waals surface area contributed by atoms with E-state index in [1.54, 1.807) is 6.26 Å². The fourth-order valence-electron chi connectivity index (χ4n) is 3.83. The van der Waals surface area contributed by atoms with Gasteiger partial charge in [0.25, 0.3) is 0 Å². The SMILES string of the molecule is Clc1ccccc1N1CCN(C(=NCC2CCOC2)NCCc2ccco2)CC1.I. The van der Waals surface area contributed by atoms with Gasteiger partial charge in [0.2, 0.25) is 0 Å². The number of hydrogen-bond donors (Lipinski definition) is 1. The van der Waals surface area contributed by atoms with E-state index in [4.69, 9.17) is 25.7 Å². The van der Waals surface area contributed by atoms with Gasteiger partial charge in [0, 0.05) is 58.2 Å². The number of aliphatic imine (C=N–C) groups is 1. The second-order valence-electron chi connectivity index (χ2n) is 7.58. The van der Waals surface area contributed by atoms with Gasteiger partial charge in [0.15, 0.2) is 5.96 Å². The molecule has 6 nitrogen and oxygen atoms in total. The number of hydrogen-bond acceptors (Lipinski definition) is 4. The van der Waals surface area contributed by atoms with Gasteiger partial charge in [-0.3, -0.25) is 4.99 Å². The molecule has 8 heteroatoms. The molecule has 0 amide bonds. The first-order chi connectivity index (χ1) is 14.3. The molecule has 0 spiro atoms. The standard InChI is InChI=1S/C22H29ClN4O2.HI/c23-20-5-1-2-6-21(20)26-10-12-27(13-11-26)22(25-16-18-8-15-28-17-18)24-9-7-19-4-3-14-29-19;/h1-6,14,18H,7-13,15-17H2,(H,24,25);1H. The highest BCUT2D eigenvalue weighted by molar-refractivity contribution is 14.0. The summed E-state index contributed by atoms with van der Waals surface area (Å²) in [6.45, 7) is 6.98. The first kappa shape index (κ1) is 23.2. The Labute approximate surface area is 200 Å². The molecular formula is C22H30ClIN4O2. The van der Waals surface area contributed by atoms with Crippen LogP contribution in [-0.2, 0) is 11.2 Å². The van der Waals surface area contributed by atoms with Crippen molar-refractivity contribution in [1.29, 1.82) is 0 Å². The number of rotatable bonds is 6. The number of halogens is 2. The van der Waals surface area contributed by atoms with Crippen molar-refractivity contribution >= 4 is 47.2 Å². The minimum absolute atomic E-state index is 0. The zero-order valence-corrected chi connectivity index (χ0v) is 20.2. The van der Waals surface area contributed by atoms with Crippen LogP contribution in [0.3, 0.4) is 0 Å². The predicted molar refractivity (Wildman–Crippen MR) is 132 cm³/mol. The lowest BCUT2D eigenvalue weighted by Gasteiger charge is -2.38. The molecule has 2 aromatic rings. The summed E-state index contributed by atoms with van der Waals surface area (Å²) < 4.78 is 11.0. The van der Waals surface area contributed by atoms with E-state index in [0.29, 0.717) is 5.92 Å². The molecule has 1 unspecified atom stereocenters. The largest absolute Gasteiger partial charge is 0.469 e. The van der Waals surface area contributed by atoms with Crippen LogP contribution in [0.5, 0.6) is 0 Å². The molecule has 1 N–H and O–H groups in total. The number of ether oxygens (including phenoxy) is 1. The first-order valence-corrected chi connectivity index (χ1v) is 10.8. The topological polar surface area (TPSA) is 53.2 Å². The summed E-state index contributed by atoms with van der Waals surface area (Å²) in [5.41, 5.74) is 1.11. The number of guanidine groups is 1. The van der Waals surface area contributed by atoms with Crippen molar-refractivity contribution < 1.29 is 9.15 Å². The average molecular weight is 545 g/mol. The van der Waals surface area contributed by atoms with Gasteiger partial charge in [0.05, 0.1) is 23.6 Å². The summed E-state index contributed by atoms with van der Waals surface area (Å²) in [6.07, 6.45) is 3.67. The predicted octanol–water partition coefficient (Wildman–Crippen LogP) is 3.90. The zero-order chi connectivity index (χ0) is 19.9. The highest BCUT2D eigenvalue weighted by Crippen LogP contribution is 2.26. The van der Waals surface area contributed by atoms with Crippen LogP contribution in [0.15, 0.2) is 52.1 Å². The molecule has 2 fully saturated rings. The van der Waals surface area contributed by atoms with Crippen molar-refractivity contribution in [3.8, 4) is 0 Å². The Morgan fingerprint density at radius 3 is 2.67 bits per heavy atom. The Balaban J connectivity index is 0.00000256. The van der Waals surface area contributed by atoms with Crippen LogP contribution in [0, 0.1) is 5.92 Å². The lowest BCUT2D eigenvalue weighted by atomic mass is 10.1. The smallest absolute Gasteiger partial charge is 0.194 e. The molecular weight excluding hydrogens is 515 g/mol.